The number of primary amides is 1. The Labute approximate surface area is 165 Å². The highest BCUT2D eigenvalue weighted by molar-refractivity contribution is 5.79. The van der Waals surface area contributed by atoms with Crippen LogP contribution in [-0.2, 0) is 9.59 Å². The first-order chi connectivity index (χ1) is 12.6. The average molecular weight is 381 g/mol. The van der Waals surface area contributed by atoms with Gasteiger partial charge in [0.25, 0.3) is 0 Å². The van der Waals surface area contributed by atoms with Gasteiger partial charge >= 0.3 is 0 Å². The quantitative estimate of drug-likeness (QED) is 0.804. The molecule has 6 nitrogen and oxygen atoms in total. The summed E-state index contributed by atoms with van der Waals surface area (Å²) in [5, 5.41) is 0. The molecule has 1 aromatic rings. The molecular formula is C21H40N4O2. The van der Waals surface area contributed by atoms with Crippen molar-refractivity contribution in [1.82, 2.24) is 14.5 Å². The Morgan fingerprint density at radius 2 is 1.81 bits per heavy atom. The number of hydrogen-bond acceptors (Lipinski definition) is 3. The molecule has 0 spiro atoms. The standard InChI is InChI=1S/C8H15NO.C7H12N2.C6H13NO/c1-3-7(2)9-6-4-5-8(9)10;1-3-7(2)9-5-4-8-6-9;1-4-6(2,3)5(7)8/h7H,3-6H2,1-2H3;4-7H,3H2,1-2H3;4H2,1-3H3,(H2,7,8). The fourth-order valence-electron chi connectivity index (χ4n) is 2.27. The van der Waals surface area contributed by atoms with E-state index in [9.17, 15) is 9.59 Å². The van der Waals surface area contributed by atoms with Crippen molar-refractivity contribution >= 4 is 11.8 Å². The predicted molar refractivity (Wildman–Crippen MR) is 111 cm³/mol. The van der Waals surface area contributed by atoms with Crippen LogP contribution in [0.3, 0.4) is 0 Å². The maximum absolute atomic E-state index is 11.1. The van der Waals surface area contributed by atoms with Crippen LogP contribution < -0.4 is 5.73 Å². The molecule has 0 saturated carbocycles. The normalized spacial score (nSPS) is 16.0. The number of aromatic nitrogens is 2. The van der Waals surface area contributed by atoms with E-state index >= 15 is 0 Å². The fraction of sp³-hybridized carbons (Fsp3) is 0.762. The summed E-state index contributed by atoms with van der Waals surface area (Å²) in [5.41, 5.74) is 4.72. The summed E-state index contributed by atoms with van der Waals surface area (Å²) in [4.78, 5) is 27.5. The molecule has 2 unspecified atom stereocenters. The highest BCUT2D eigenvalue weighted by Crippen LogP contribution is 2.17. The topological polar surface area (TPSA) is 81.2 Å². The summed E-state index contributed by atoms with van der Waals surface area (Å²) < 4.78 is 2.11. The summed E-state index contributed by atoms with van der Waals surface area (Å²) in [6.45, 7) is 15.2. The molecule has 1 fully saturated rings. The Kier molecular flexibility index (Phi) is 11.7. The zero-order valence-electron chi connectivity index (χ0n) is 18.4. The summed E-state index contributed by atoms with van der Waals surface area (Å²) >= 11 is 0. The molecule has 156 valence electrons. The lowest BCUT2D eigenvalue weighted by Gasteiger charge is -2.22. The third-order valence-corrected chi connectivity index (χ3v) is 5.41. The van der Waals surface area contributed by atoms with Crippen LogP contribution in [0.4, 0.5) is 0 Å². The molecule has 27 heavy (non-hydrogen) atoms. The number of nitrogens with two attached hydrogens (primary N) is 1. The van der Waals surface area contributed by atoms with Crippen LogP contribution in [0, 0.1) is 5.41 Å². The molecule has 1 aliphatic heterocycles. The zero-order valence-corrected chi connectivity index (χ0v) is 18.4. The molecule has 2 rings (SSSR count). The lowest BCUT2D eigenvalue weighted by atomic mass is 9.90. The fourth-order valence-corrected chi connectivity index (χ4v) is 2.27. The van der Waals surface area contributed by atoms with Crippen molar-refractivity contribution in [3.05, 3.63) is 18.7 Å². The monoisotopic (exact) mass is 380 g/mol. The third kappa shape index (κ3) is 9.07. The second-order valence-electron chi connectivity index (χ2n) is 7.82. The van der Waals surface area contributed by atoms with Crippen molar-refractivity contribution in [1.29, 1.82) is 0 Å². The van der Waals surface area contributed by atoms with Crippen molar-refractivity contribution in [3.8, 4) is 0 Å². The summed E-state index contributed by atoms with van der Waals surface area (Å²) in [6.07, 6.45) is 10.5. The molecule has 0 bridgehead atoms. The van der Waals surface area contributed by atoms with Crippen molar-refractivity contribution in [2.24, 2.45) is 11.1 Å². The van der Waals surface area contributed by atoms with E-state index in [1.807, 2.05) is 44.4 Å². The Balaban J connectivity index is 0.000000379. The van der Waals surface area contributed by atoms with Crippen LogP contribution in [-0.4, -0.2) is 38.9 Å². The van der Waals surface area contributed by atoms with Gasteiger partial charge in [0, 0.05) is 42.9 Å². The molecule has 1 aromatic heterocycles. The second-order valence-corrected chi connectivity index (χ2v) is 7.82. The predicted octanol–water partition coefficient (Wildman–Crippen LogP) is 4.17. The van der Waals surface area contributed by atoms with E-state index in [4.69, 9.17) is 5.73 Å². The van der Waals surface area contributed by atoms with Crippen LogP contribution in [0.1, 0.15) is 86.6 Å². The molecule has 0 aromatic carbocycles. The van der Waals surface area contributed by atoms with Crippen molar-refractivity contribution < 1.29 is 9.59 Å². The first-order valence-corrected chi connectivity index (χ1v) is 10.2. The molecule has 2 atom stereocenters. The van der Waals surface area contributed by atoms with Gasteiger partial charge in [0.2, 0.25) is 11.8 Å². The van der Waals surface area contributed by atoms with Gasteiger partial charge < -0.3 is 15.2 Å². The van der Waals surface area contributed by atoms with Crippen LogP contribution >= 0.6 is 0 Å². The van der Waals surface area contributed by atoms with E-state index in [1.54, 1.807) is 0 Å². The highest BCUT2D eigenvalue weighted by atomic mass is 16.2. The van der Waals surface area contributed by atoms with E-state index in [2.05, 4.69) is 37.2 Å². The molecular weight excluding hydrogens is 340 g/mol. The molecule has 2 N–H and O–H groups in total. The van der Waals surface area contributed by atoms with Gasteiger partial charge in [-0.25, -0.2) is 4.98 Å². The number of rotatable bonds is 6. The molecule has 2 amide bonds. The third-order valence-electron chi connectivity index (χ3n) is 5.41. The van der Waals surface area contributed by atoms with Crippen LogP contribution in [0.5, 0.6) is 0 Å². The van der Waals surface area contributed by atoms with Crippen LogP contribution in [0.2, 0.25) is 0 Å². The number of carbonyl (C=O) groups excluding carboxylic acids is 2. The van der Waals surface area contributed by atoms with E-state index in [1.165, 1.54) is 0 Å². The van der Waals surface area contributed by atoms with E-state index in [0.717, 1.165) is 38.6 Å². The van der Waals surface area contributed by atoms with Gasteiger partial charge in [-0.15, -0.1) is 0 Å². The number of amides is 2. The summed E-state index contributed by atoms with van der Waals surface area (Å²) in [6, 6.07) is 1.04. The van der Waals surface area contributed by atoms with Gasteiger partial charge in [-0.05, 0) is 39.5 Å². The highest BCUT2D eigenvalue weighted by Gasteiger charge is 2.23. The summed E-state index contributed by atoms with van der Waals surface area (Å²) in [5.74, 6) is 0.120. The lowest BCUT2D eigenvalue weighted by Crippen LogP contribution is -2.33. The SMILES string of the molecule is CCC(C)(C)C(N)=O.CCC(C)N1CCCC1=O.CCC(C)n1ccnc1. The summed E-state index contributed by atoms with van der Waals surface area (Å²) in [7, 11) is 0. The van der Waals surface area contributed by atoms with E-state index in [-0.39, 0.29) is 11.3 Å². The second kappa shape index (κ2) is 12.5. The molecule has 0 aliphatic carbocycles. The lowest BCUT2D eigenvalue weighted by molar-refractivity contribution is -0.129. The van der Waals surface area contributed by atoms with Gasteiger partial charge in [-0.3, -0.25) is 9.59 Å². The molecule has 1 saturated heterocycles. The van der Waals surface area contributed by atoms with Crippen molar-refractivity contribution in [2.45, 2.75) is 92.7 Å². The number of carbonyl (C=O) groups is 2. The zero-order chi connectivity index (χ0) is 21.0. The van der Waals surface area contributed by atoms with Gasteiger partial charge in [0.1, 0.15) is 0 Å². The minimum absolute atomic E-state index is 0.222. The van der Waals surface area contributed by atoms with Crippen molar-refractivity contribution in [2.75, 3.05) is 6.54 Å². The van der Waals surface area contributed by atoms with Crippen LogP contribution in [0.15, 0.2) is 18.7 Å². The van der Waals surface area contributed by atoms with Gasteiger partial charge in [-0.1, -0.05) is 34.6 Å². The minimum atomic E-state index is -0.319. The molecule has 0 radical (unpaired) electrons. The van der Waals surface area contributed by atoms with Gasteiger partial charge in [-0.2, -0.15) is 0 Å². The van der Waals surface area contributed by atoms with Crippen LogP contribution in [0.25, 0.3) is 0 Å². The van der Waals surface area contributed by atoms with Gasteiger partial charge in [0.05, 0.1) is 6.33 Å². The minimum Gasteiger partial charge on any atom is -0.369 e. The van der Waals surface area contributed by atoms with E-state index in [0.29, 0.717) is 18.0 Å². The van der Waals surface area contributed by atoms with Gasteiger partial charge in [0.15, 0.2) is 0 Å². The Morgan fingerprint density at radius 1 is 1.22 bits per heavy atom. The number of nitrogens with zero attached hydrogens (tertiary/aromatic N) is 3. The Morgan fingerprint density at radius 3 is 2.11 bits per heavy atom. The average Bonchev–Trinajstić information content (AvgIpc) is 3.33. The number of imidazole rings is 1. The molecule has 1 aliphatic rings. The van der Waals surface area contributed by atoms with E-state index < -0.39 is 0 Å². The maximum atomic E-state index is 11.1. The Hall–Kier alpha value is -1.85. The number of hydrogen-bond donors (Lipinski definition) is 1. The maximum Gasteiger partial charge on any atom is 0.223 e. The number of likely N-dealkylation sites (tertiary alicyclic amines) is 1. The Bertz CT molecular complexity index is 540. The molecule has 2 heterocycles. The first-order valence-electron chi connectivity index (χ1n) is 10.2. The van der Waals surface area contributed by atoms with Crippen molar-refractivity contribution in [3.63, 3.8) is 0 Å². The molecule has 6 heteroatoms. The largest absolute Gasteiger partial charge is 0.369 e. The smallest absolute Gasteiger partial charge is 0.223 e. The first kappa shape index (κ1) is 25.1.